The van der Waals surface area contributed by atoms with Crippen LogP contribution in [0, 0.1) is 0 Å². The molecular weight excluding hydrogens is 254 g/mol. The van der Waals surface area contributed by atoms with Gasteiger partial charge in [0.25, 0.3) is 0 Å². The maximum atomic E-state index is 11.7. The monoisotopic (exact) mass is 271 g/mol. The Balaban J connectivity index is 3.02. The predicted molar refractivity (Wildman–Crippen MR) is 70.0 cm³/mol. The summed E-state index contributed by atoms with van der Waals surface area (Å²) in [6.45, 7) is 2.20. The molecule has 18 heavy (non-hydrogen) atoms. The van der Waals surface area contributed by atoms with Crippen molar-refractivity contribution >= 4 is 21.5 Å². The van der Waals surface area contributed by atoms with E-state index in [9.17, 15) is 13.2 Å². The SMILES string of the molecule is CCCOC(=O)c1cccc(CS(C)(=O)=O)c1N. The summed E-state index contributed by atoms with van der Waals surface area (Å²) in [6.07, 6.45) is 1.84. The minimum absolute atomic E-state index is 0.170. The number of ether oxygens (including phenoxy) is 1. The van der Waals surface area contributed by atoms with Crippen LogP contribution in [-0.2, 0) is 20.3 Å². The number of anilines is 1. The molecule has 0 aliphatic carbocycles. The summed E-state index contributed by atoms with van der Waals surface area (Å²) in [5, 5.41) is 0. The number of sulfone groups is 1. The summed E-state index contributed by atoms with van der Waals surface area (Å²) < 4.78 is 27.4. The number of nitrogen functional groups attached to an aromatic ring is 1. The van der Waals surface area contributed by atoms with Gasteiger partial charge in [-0.15, -0.1) is 0 Å². The highest BCUT2D eigenvalue weighted by Crippen LogP contribution is 2.20. The second kappa shape index (κ2) is 5.86. The Hall–Kier alpha value is -1.56. The highest BCUT2D eigenvalue weighted by Gasteiger charge is 2.15. The fraction of sp³-hybridized carbons (Fsp3) is 0.417. The lowest BCUT2D eigenvalue weighted by Crippen LogP contribution is -2.12. The van der Waals surface area contributed by atoms with Gasteiger partial charge in [-0.05, 0) is 18.1 Å². The van der Waals surface area contributed by atoms with Gasteiger partial charge < -0.3 is 10.5 Å². The lowest BCUT2D eigenvalue weighted by Gasteiger charge is -2.09. The van der Waals surface area contributed by atoms with Gasteiger partial charge in [-0.2, -0.15) is 0 Å². The summed E-state index contributed by atoms with van der Waals surface area (Å²) in [4.78, 5) is 11.7. The average Bonchev–Trinajstić information content (AvgIpc) is 2.27. The Labute approximate surface area is 107 Å². The van der Waals surface area contributed by atoms with Gasteiger partial charge in [0, 0.05) is 6.26 Å². The zero-order chi connectivity index (χ0) is 13.8. The molecule has 2 N–H and O–H groups in total. The molecule has 1 aromatic rings. The fourth-order valence-corrected chi connectivity index (χ4v) is 2.29. The molecule has 1 aromatic carbocycles. The van der Waals surface area contributed by atoms with Gasteiger partial charge in [-0.25, -0.2) is 13.2 Å². The van der Waals surface area contributed by atoms with Gasteiger partial charge in [0.2, 0.25) is 0 Å². The van der Waals surface area contributed by atoms with E-state index in [4.69, 9.17) is 10.5 Å². The molecule has 0 aliphatic rings. The van der Waals surface area contributed by atoms with Crippen molar-refractivity contribution in [3.63, 3.8) is 0 Å². The Kier molecular flexibility index (Phi) is 4.72. The first-order valence-electron chi connectivity index (χ1n) is 5.57. The normalized spacial score (nSPS) is 11.2. The van der Waals surface area contributed by atoms with Gasteiger partial charge in [0.1, 0.15) is 0 Å². The lowest BCUT2D eigenvalue weighted by molar-refractivity contribution is 0.0506. The summed E-state index contributed by atoms with van der Waals surface area (Å²) >= 11 is 0. The van der Waals surface area contributed by atoms with Crippen molar-refractivity contribution < 1.29 is 17.9 Å². The Morgan fingerprint density at radius 2 is 2.06 bits per heavy atom. The number of rotatable bonds is 5. The molecular formula is C12H17NO4S. The Morgan fingerprint density at radius 1 is 1.39 bits per heavy atom. The number of benzene rings is 1. The molecule has 0 amide bonds. The number of carbonyl (C=O) groups is 1. The van der Waals surface area contributed by atoms with E-state index >= 15 is 0 Å². The van der Waals surface area contributed by atoms with Crippen LogP contribution in [0.5, 0.6) is 0 Å². The number of hydrogen-bond acceptors (Lipinski definition) is 5. The third-order valence-corrected chi connectivity index (χ3v) is 3.11. The minimum atomic E-state index is -3.19. The molecule has 5 nitrogen and oxygen atoms in total. The molecule has 0 spiro atoms. The zero-order valence-electron chi connectivity index (χ0n) is 10.5. The van der Waals surface area contributed by atoms with E-state index in [1.165, 1.54) is 6.07 Å². The number of nitrogens with two attached hydrogens (primary N) is 1. The maximum Gasteiger partial charge on any atom is 0.340 e. The van der Waals surface area contributed by atoms with E-state index in [-0.39, 0.29) is 17.0 Å². The van der Waals surface area contributed by atoms with Crippen LogP contribution in [0.4, 0.5) is 5.69 Å². The largest absolute Gasteiger partial charge is 0.462 e. The van der Waals surface area contributed by atoms with Crippen LogP contribution < -0.4 is 5.73 Å². The second-order valence-electron chi connectivity index (χ2n) is 4.08. The minimum Gasteiger partial charge on any atom is -0.462 e. The maximum absolute atomic E-state index is 11.7. The standard InChI is InChI=1S/C12H17NO4S/c1-3-7-17-12(14)10-6-4-5-9(11(10)13)8-18(2,15)16/h4-6H,3,7-8,13H2,1-2H3. The van der Waals surface area contributed by atoms with E-state index in [0.29, 0.717) is 18.6 Å². The molecule has 0 aromatic heterocycles. The topological polar surface area (TPSA) is 86.5 Å². The van der Waals surface area contributed by atoms with Crippen molar-refractivity contribution in [2.45, 2.75) is 19.1 Å². The number of para-hydroxylation sites is 1. The molecule has 0 atom stereocenters. The smallest absolute Gasteiger partial charge is 0.340 e. The second-order valence-corrected chi connectivity index (χ2v) is 6.22. The molecule has 0 heterocycles. The first kappa shape index (κ1) is 14.5. The van der Waals surface area contributed by atoms with Crippen molar-refractivity contribution in [3.05, 3.63) is 29.3 Å². The molecule has 1 rings (SSSR count). The van der Waals surface area contributed by atoms with Crippen molar-refractivity contribution in [2.75, 3.05) is 18.6 Å². The first-order valence-corrected chi connectivity index (χ1v) is 7.63. The Bertz CT molecular complexity index is 537. The average molecular weight is 271 g/mol. The summed E-state index contributed by atoms with van der Waals surface area (Å²) in [7, 11) is -3.19. The molecule has 100 valence electrons. The van der Waals surface area contributed by atoms with E-state index in [2.05, 4.69) is 0 Å². The quantitative estimate of drug-likeness (QED) is 0.646. The van der Waals surface area contributed by atoms with E-state index in [1.807, 2.05) is 6.92 Å². The van der Waals surface area contributed by atoms with Gasteiger partial charge in [0.15, 0.2) is 9.84 Å². The molecule has 0 fully saturated rings. The predicted octanol–water partition coefficient (Wildman–Crippen LogP) is 1.38. The molecule has 0 aliphatic heterocycles. The number of esters is 1. The van der Waals surface area contributed by atoms with Crippen LogP contribution in [0.2, 0.25) is 0 Å². The highest BCUT2D eigenvalue weighted by atomic mass is 32.2. The first-order chi connectivity index (χ1) is 8.35. The van der Waals surface area contributed by atoms with Crippen molar-refractivity contribution in [1.29, 1.82) is 0 Å². The summed E-state index contributed by atoms with van der Waals surface area (Å²) in [6, 6.07) is 4.71. The van der Waals surface area contributed by atoms with E-state index in [0.717, 1.165) is 6.26 Å². The Morgan fingerprint density at radius 3 is 2.61 bits per heavy atom. The third kappa shape index (κ3) is 4.03. The van der Waals surface area contributed by atoms with Crippen LogP contribution in [-0.4, -0.2) is 27.2 Å². The molecule has 6 heteroatoms. The summed E-state index contributed by atoms with van der Waals surface area (Å²) in [5.41, 5.74) is 6.60. The van der Waals surface area contributed by atoms with E-state index < -0.39 is 15.8 Å². The molecule has 0 bridgehead atoms. The van der Waals surface area contributed by atoms with Crippen LogP contribution in [0.25, 0.3) is 0 Å². The van der Waals surface area contributed by atoms with Crippen LogP contribution in [0.15, 0.2) is 18.2 Å². The summed E-state index contributed by atoms with van der Waals surface area (Å²) in [5.74, 6) is -0.710. The van der Waals surface area contributed by atoms with Crippen LogP contribution in [0.1, 0.15) is 29.3 Å². The van der Waals surface area contributed by atoms with Gasteiger partial charge >= 0.3 is 5.97 Å². The van der Waals surface area contributed by atoms with Crippen molar-refractivity contribution in [3.8, 4) is 0 Å². The number of hydrogen-bond donors (Lipinski definition) is 1. The van der Waals surface area contributed by atoms with Gasteiger partial charge in [-0.1, -0.05) is 19.1 Å². The highest BCUT2D eigenvalue weighted by molar-refractivity contribution is 7.89. The van der Waals surface area contributed by atoms with Crippen molar-refractivity contribution in [2.24, 2.45) is 0 Å². The fourth-order valence-electron chi connectivity index (χ4n) is 1.47. The van der Waals surface area contributed by atoms with Crippen LogP contribution in [0.3, 0.4) is 0 Å². The molecule has 0 radical (unpaired) electrons. The van der Waals surface area contributed by atoms with Gasteiger partial charge in [0.05, 0.1) is 23.6 Å². The number of carbonyl (C=O) groups excluding carboxylic acids is 1. The third-order valence-electron chi connectivity index (χ3n) is 2.27. The zero-order valence-corrected chi connectivity index (χ0v) is 11.3. The molecule has 0 saturated heterocycles. The molecule has 0 saturated carbocycles. The van der Waals surface area contributed by atoms with Crippen molar-refractivity contribution in [1.82, 2.24) is 0 Å². The van der Waals surface area contributed by atoms with E-state index in [1.54, 1.807) is 12.1 Å². The van der Waals surface area contributed by atoms with Crippen LogP contribution >= 0.6 is 0 Å². The van der Waals surface area contributed by atoms with Gasteiger partial charge in [-0.3, -0.25) is 0 Å². The lowest BCUT2D eigenvalue weighted by atomic mass is 10.1. The molecule has 0 unspecified atom stereocenters.